The summed E-state index contributed by atoms with van der Waals surface area (Å²) in [6.45, 7) is 15.0. The first kappa shape index (κ1) is 19.3. The topological polar surface area (TPSA) is 20.2 Å². The van der Waals surface area contributed by atoms with Crippen LogP contribution in [0.2, 0.25) is 0 Å². The molecule has 0 heterocycles. The molecule has 0 aliphatic heterocycles. The Labute approximate surface area is 134 Å². The van der Waals surface area contributed by atoms with Crippen molar-refractivity contribution in [2.45, 2.75) is 59.3 Å². The van der Waals surface area contributed by atoms with Gasteiger partial charge in [0.2, 0.25) is 0 Å². The Balaban J connectivity index is 0.000000982. The average Bonchev–Trinajstić information content (AvgIpc) is 2.19. The molecule has 1 N–H and O–H groups in total. The number of benzene rings is 1. The zero-order valence-corrected chi connectivity index (χ0v) is 16.3. The van der Waals surface area contributed by atoms with E-state index >= 15 is 0 Å². The van der Waals surface area contributed by atoms with Crippen molar-refractivity contribution in [3.8, 4) is 5.75 Å². The molecule has 0 aromatic heterocycles. The molecule has 110 valence electrons. The molecule has 4 heteroatoms. The molecule has 19 heavy (non-hydrogen) atoms. The number of rotatable bonds is 0. The SMILES string of the molecule is Cc1cc(C(C)(C)C)cc(C(C)(C)C)c1O.[Cl][Mo][Cl]. The Kier molecular flexibility index (Phi) is 7.45. The Morgan fingerprint density at radius 2 is 1.37 bits per heavy atom. The zero-order valence-electron chi connectivity index (χ0n) is 12.8. The number of phenols is 1. The van der Waals surface area contributed by atoms with Crippen LogP contribution in [0.25, 0.3) is 0 Å². The van der Waals surface area contributed by atoms with E-state index in [1.54, 1.807) is 0 Å². The molecule has 0 amide bonds. The van der Waals surface area contributed by atoms with E-state index in [4.69, 9.17) is 18.8 Å². The van der Waals surface area contributed by atoms with Crippen LogP contribution in [-0.4, -0.2) is 5.11 Å². The molecule has 0 saturated heterocycles. The van der Waals surface area contributed by atoms with Crippen molar-refractivity contribution in [3.05, 3.63) is 28.8 Å². The molecule has 0 atom stereocenters. The summed E-state index contributed by atoms with van der Waals surface area (Å²) in [5.74, 6) is 0.445. The van der Waals surface area contributed by atoms with Gasteiger partial charge in [-0.3, -0.25) is 0 Å². The Morgan fingerprint density at radius 1 is 0.947 bits per heavy atom. The zero-order chi connectivity index (χ0) is 15.4. The van der Waals surface area contributed by atoms with E-state index < -0.39 is 16.5 Å². The molecule has 0 unspecified atom stereocenters. The molecular formula is C15H24Cl2MoO. The molecule has 0 radical (unpaired) electrons. The molecule has 0 aliphatic carbocycles. The van der Waals surface area contributed by atoms with Gasteiger partial charge in [-0.2, -0.15) is 0 Å². The second-order valence-corrected chi connectivity index (χ2v) is 9.79. The number of aryl methyl sites for hydroxylation is 1. The van der Waals surface area contributed by atoms with Gasteiger partial charge in [-0.1, -0.05) is 53.7 Å². The van der Waals surface area contributed by atoms with Crippen LogP contribution in [0, 0.1) is 6.92 Å². The summed E-state index contributed by atoms with van der Waals surface area (Å²) in [6, 6.07) is 4.23. The first-order valence-electron chi connectivity index (χ1n) is 6.19. The predicted molar refractivity (Wildman–Crippen MR) is 81.9 cm³/mol. The van der Waals surface area contributed by atoms with Gasteiger partial charge in [-0.05, 0) is 34.4 Å². The first-order valence-corrected chi connectivity index (χ1v) is 11.4. The minimum absolute atomic E-state index is 0.0178. The van der Waals surface area contributed by atoms with Gasteiger partial charge < -0.3 is 5.11 Å². The van der Waals surface area contributed by atoms with Crippen LogP contribution in [-0.2, 0) is 27.3 Å². The fourth-order valence-corrected chi connectivity index (χ4v) is 1.78. The van der Waals surface area contributed by atoms with Gasteiger partial charge in [0.25, 0.3) is 0 Å². The minimum atomic E-state index is -0.586. The fraction of sp³-hybridized carbons (Fsp3) is 0.600. The third-order valence-corrected chi connectivity index (χ3v) is 2.97. The third kappa shape index (κ3) is 6.06. The quantitative estimate of drug-likeness (QED) is 0.569. The van der Waals surface area contributed by atoms with Crippen LogP contribution >= 0.6 is 18.8 Å². The third-order valence-electron chi connectivity index (χ3n) is 2.97. The van der Waals surface area contributed by atoms with E-state index in [2.05, 4.69) is 53.7 Å². The van der Waals surface area contributed by atoms with Crippen molar-refractivity contribution in [1.29, 1.82) is 0 Å². The van der Waals surface area contributed by atoms with Crippen LogP contribution in [0.1, 0.15) is 58.2 Å². The van der Waals surface area contributed by atoms with Gasteiger partial charge in [0.1, 0.15) is 5.75 Å². The van der Waals surface area contributed by atoms with Gasteiger partial charge in [0, 0.05) is 0 Å². The molecule has 0 aliphatic rings. The Bertz CT molecular complexity index is 417. The standard InChI is InChI=1S/C15H24O.2ClH.Mo/c1-10-8-11(14(2,3)4)9-12(13(10)16)15(5,6)7;;;/h8-9,16H,1-7H3;2*1H;/q;;;+2/p-2. The summed E-state index contributed by atoms with van der Waals surface area (Å²) in [5, 5.41) is 10.1. The second kappa shape index (κ2) is 7.34. The molecule has 1 aromatic rings. The Hall–Kier alpha value is 0.288. The number of hydrogen-bond acceptors (Lipinski definition) is 1. The summed E-state index contributed by atoms with van der Waals surface area (Å²) in [7, 11) is 9.79. The molecule has 0 spiro atoms. The summed E-state index contributed by atoms with van der Waals surface area (Å²) < 4.78 is 0. The van der Waals surface area contributed by atoms with E-state index in [0.29, 0.717) is 5.75 Å². The second-order valence-electron chi connectivity index (χ2n) is 6.75. The van der Waals surface area contributed by atoms with Gasteiger partial charge in [0.15, 0.2) is 0 Å². The molecule has 0 saturated carbocycles. The van der Waals surface area contributed by atoms with Crippen molar-refractivity contribution in [1.82, 2.24) is 0 Å². The number of aromatic hydroxyl groups is 1. The normalized spacial score (nSPS) is 11.8. The van der Waals surface area contributed by atoms with Gasteiger partial charge in [-0.25, -0.2) is 0 Å². The van der Waals surface area contributed by atoms with Crippen molar-refractivity contribution in [2.75, 3.05) is 0 Å². The van der Waals surface area contributed by atoms with Crippen LogP contribution in [0.15, 0.2) is 12.1 Å². The molecule has 1 rings (SSSR count). The molecule has 1 nitrogen and oxygen atoms in total. The van der Waals surface area contributed by atoms with Crippen molar-refractivity contribution in [2.24, 2.45) is 0 Å². The van der Waals surface area contributed by atoms with Gasteiger partial charge in [0.05, 0.1) is 0 Å². The van der Waals surface area contributed by atoms with Crippen LogP contribution in [0.4, 0.5) is 0 Å². The van der Waals surface area contributed by atoms with Gasteiger partial charge >= 0.3 is 35.3 Å². The number of phenolic OH excluding ortho intramolecular Hbond substituents is 1. The number of halogens is 2. The molecular weight excluding hydrogens is 363 g/mol. The molecule has 0 fully saturated rings. The fourth-order valence-electron chi connectivity index (χ4n) is 1.78. The maximum absolute atomic E-state index is 10.1. The molecule has 0 bridgehead atoms. The van der Waals surface area contributed by atoms with E-state index in [9.17, 15) is 5.11 Å². The summed E-state index contributed by atoms with van der Waals surface area (Å²) >= 11 is -0.586. The van der Waals surface area contributed by atoms with Crippen molar-refractivity contribution < 1.29 is 21.6 Å². The van der Waals surface area contributed by atoms with E-state index in [0.717, 1.165) is 11.1 Å². The van der Waals surface area contributed by atoms with Crippen LogP contribution in [0.3, 0.4) is 0 Å². The predicted octanol–water partition coefficient (Wildman–Crippen LogP) is 5.67. The first-order chi connectivity index (χ1) is 8.45. The maximum atomic E-state index is 10.1. The average molecular weight is 387 g/mol. The van der Waals surface area contributed by atoms with E-state index in [1.165, 1.54) is 5.56 Å². The summed E-state index contributed by atoms with van der Waals surface area (Å²) in [6.07, 6.45) is 0. The summed E-state index contributed by atoms with van der Waals surface area (Å²) in [5.41, 5.74) is 3.40. The monoisotopic (exact) mass is 388 g/mol. The van der Waals surface area contributed by atoms with E-state index in [-0.39, 0.29) is 10.8 Å². The van der Waals surface area contributed by atoms with Crippen LogP contribution < -0.4 is 0 Å². The van der Waals surface area contributed by atoms with Crippen molar-refractivity contribution >= 4 is 18.8 Å². The number of hydrogen-bond donors (Lipinski definition) is 1. The Morgan fingerprint density at radius 3 is 1.68 bits per heavy atom. The summed E-state index contributed by atoms with van der Waals surface area (Å²) in [4.78, 5) is 0. The van der Waals surface area contributed by atoms with E-state index in [1.807, 2.05) is 6.92 Å². The van der Waals surface area contributed by atoms with Gasteiger partial charge in [-0.15, -0.1) is 0 Å². The van der Waals surface area contributed by atoms with Crippen molar-refractivity contribution in [3.63, 3.8) is 0 Å². The van der Waals surface area contributed by atoms with Crippen LogP contribution in [0.5, 0.6) is 5.75 Å². The molecule has 1 aromatic carbocycles.